The molecule has 1 aliphatic rings. The molecule has 0 amide bonds. The van der Waals surface area contributed by atoms with E-state index in [1.54, 1.807) is 0 Å². The van der Waals surface area contributed by atoms with E-state index in [1.165, 1.54) is 36.8 Å². The van der Waals surface area contributed by atoms with Crippen LogP contribution in [0.1, 0.15) is 51.2 Å². The van der Waals surface area contributed by atoms with E-state index in [1.807, 2.05) is 0 Å². The zero-order valence-corrected chi connectivity index (χ0v) is 12.1. The van der Waals surface area contributed by atoms with Crippen molar-refractivity contribution in [1.82, 2.24) is 5.32 Å². The van der Waals surface area contributed by atoms with Gasteiger partial charge in [0.15, 0.2) is 0 Å². The Morgan fingerprint density at radius 2 is 1.83 bits per heavy atom. The maximum atomic E-state index is 3.60. The maximum Gasteiger partial charge on any atom is 0.00724 e. The van der Waals surface area contributed by atoms with Gasteiger partial charge >= 0.3 is 0 Å². The molecule has 1 fully saturated rings. The number of benzene rings is 1. The number of rotatable bonds is 5. The van der Waals surface area contributed by atoms with E-state index in [-0.39, 0.29) is 0 Å². The van der Waals surface area contributed by atoms with Gasteiger partial charge in [0.25, 0.3) is 0 Å². The molecule has 0 saturated heterocycles. The summed E-state index contributed by atoms with van der Waals surface area (Å²) in [6, 6.07) is 9.97. The molecule has 2 unspecified atom stereocenters. The lowest BCUT2D eigenvalue weighted by molar-refractivity contribution is 0.322. The van der Waals surface area contributed by atoms with E-state index in [9.17, 15) is 0 Å². The molecule has 100 valence electrons. The second-order valence-corrected chi connectivity index (χ2v) is 6.15. The van der Waals surface area contributed by atoms with Gasteiger partial charge in [0, 0.05) is 6.04 Å². The predicted octanol–water partition coefficient (Wildman–Crippen LogP) is 3.96. The van der Waals surface area contributed by atoms with Crippen LogP contribution in [0.15, 0.2) is 24.3 Å². The lowest BCUT2D eigenvalue weighted by atomic mass is 9.82. The zero-order valence-electron chi connectivity index (χ0n) is 12.1. The van der Waals surface area contributed by atoms with Crippen molar-refractivity contribution in [1.29, 1.82) is 0 Å². The second kappa shape index (κ2) is 5.88. The predicted molar refractivity (Wildman–Crippen MR) is 78.9 cm³/mol. The van der Waals surface area contributed by atoms with Crippen molar-refractivity contribution >= 4 is 0 Å². The molecule has 1 aliphatic carbocycles. The van der Waals surface area contributed by atoms with Crippen molar-refractivity contribution in [2.24, 2.45) is 5.41 Å². The third kappa shape index (κ3) is 3.35. The maximum absolute atomic E-state index is 3.60. The van der Waals surface area contributed by atoms with Crippen LogP contribution < -0.4 is 5.32 Å². The largest absolute Gasteiger partial charge is 0.314 e. The normalized spacial score (nSPS) is 27.6. The Morgan fingerprint density at radius 3 is 2.44 bits per heavy atom. The molecule has 2 rings (SSSR count). The van der Waals surface area contributed by atoms with Crippen molar-refractivity contribution in [2.45, 2.75) is 58.9 Å². The van der Waals surface area contributed by atoms with Crippen LogP contribution in [0.4, 0.5) is 0 Å². The summed E-state index contributed by atoms with van der Waals surface area (Å²) < 4.78 is 0. The van der Waals surface area contributed by atoms with Crippen LogP contribution in [0.25, 0.3) is 0 Å². The first-order chi connectivity index (χ1) is 8.65. The summed E-state index contributed by atoms with van der Waals surface area (Å²) in [5.74, 6) is 0. The Morgan fingerprint density at radius 1 is 1.17 bits per heavy atom. The van der Waals surface area contributed by atoms with E-state index in [2.05, 4.69) is 50.4 Å². The minimum Gasteiger partial charge on any atom is -0.314 e. The van der Waals surface area contributed by atoms with E-state index in [0.29, 0.717) is 5.41 Å². The molecule has 18 heavy (non-hydrogen) atoms. The van der Waals surface area contributed by atoms with Gasteiger partial charge in [-0.05, 0) is 55.2 Å². The van der Waals surface area contributed by atoms with Crippen molar-refractivity contribution < 1.29 is 0 Å². The molecule has 1 nitrogen and oxygen atoms in total. The molecule has 0 spiro atoms. The van der Waals surface area contributed by atoms with Gasteiger partial charge in [-0.1, -0.05) is 45.0 Å². The van der Waals surface area contributed by atoms with Crippen LogP contribution in [0, 0.1) is 5.41 Å². The SMILES string of the molecule is CCNC1CCC(C)(Cc2ccc(CC)cc2)C1. The summed E-state index contributed by atoms with van der Waals surface area (Å²) in [4.78, 5) is 0. The van der Waals surface area contributed by atoms with Gasteiger partial charge in [0.2, 0.25) is 0 Å². The number of aryl methyl sites for hydroxylation is 1. The first-order valence-corrected chi connectivity index (χ1v) is 7.46. The highest BCUT2D eigenvalue weighted by atomic mass is 14.9. The van der Waals surface area contributed by atoms with Crippen LogP contribution in [0.3, 0.4) is 0 Å². The molecule has 0 heterocycles. The molecule has 1 heteroatoms. The molecule has 0 radical (unpaired) electrons. The quantitative estimate of drug-likeness (QED) is 0.828. The van der Waals surface area contributed by atoms with Gasteiger partial charge in [-0.15, -0.1) is 0 Å². The molecule has 1 aromatic carbocycles. The standard InChI is InChI=1S/C17H27N/c1-4-14-6-8-15(9-7-14)12-17(3)11-10-16(13-17)18-5-2/h6-9,16,18H,4-5,10-13H2,1-3H3. The summed E-state index contributed by atoms with van der Waals surface area (Å²) in [7, 11) is 0. The molecule has 1 N–H and O–H groups in total. The van der Waals surface area contributed by atoms with E-state index in [0.717, 1.165) is 19.0 Å². The first-order valence-electron chi connectivity index (χ1n) is 7.46. The average molecular weight is 245 g/mol. The van der Waals surface area contributed by atoms with Crippen molar-refractivity contribution in [3.63, 3.8) is 0 Å². The summed E-state index contributed by atoms with van der Waals surface area (Å²) in [6.45, 7) is 7.98. The monoisotopic (exact) mass is 245 g/mol. The van der Waals surface area contributed by atoms with Crippen LogP contribution in [-0.2, 0) is 12.8 Å². The summed E-state index contributed by atoms with van der Waals surface area (Å²) in [5, 5.41) is 3.60. The Bertz CT molecular complexity index is 368. The Labute approximate surface area is 112 Å². The third-order valence-electron chi connectivity index (χ3n) is 4.39. The second-order valence-electron chi connectivity index (χ2n) is 6.15. The Hall–Kier alpha value is -0.820. The van der Waals surface area contributed by atoms with E-state index < -0.39 is 0 Å². The smallest absolute Gasteiger partial charge is 0.00724 e. The Balaban J connectivity index is 1.95. The van der Waals surface area contributed by atoms with Crippen molar-refractivity contribution in [3.05, 3.63) is 35.4 Å². The minimum atomic E-state index is 0.501. The van der Waals surface area contributed by atoms with Crippen LogP contribution in [0.5, 0.6) is 0 Å². The van der Waals surface area contributed by atoms with Gasteiger partial charge < -0.3 is 5.32 Å². The molecule has 0 bridgehead atoms. The van der Waals surface area contributed by atoms with Crippen molar-refractivity contribution in [3.8, 4) is 0 Å². The van der Waals surface area contributed by atoms with Gasteiger partial charge in [-0.2, -0.15) is 0 Å². The molecule has 0 aliphatic heterocycles. The lowest BCUT2D eigenvalue weighted by Crippen LogP contribution is -2.28. The topological polar surface area (TPSA) is 12.0 Å². The molecule has 1 aromatic rings. The molecule has 0 aromatic heterocycles. The highest BCUT2D eigenvalue weighted by molar-refractivity contribution is 5.23. The number of hydrogen-bond donors (Lipinski definition) is 1. The van der Waals surface area contributed by atoms with Gasteiger partial charge in [-0.3, -0.25) is 0 Å². The van der Waals surface area contributed by atoms with Crippen LogP contribution in [-0.4, -0.2) is 12.6 Å². The van der Waals surface area contributed by atoms with Gasteiger partial charge in [-0.25, -0.2) is 0 Å². The van der Waals surface area contributed by atoms with Crippen molar-refractivity contribution in [2.75, 3.05) is 6.54 Å². The Kier molecular flexibility index (Phi) is 4.45. The zero-order chi connectivity index (χ0) is 13.0. The fourth-order valence-electron chi connectivity index (χ4n) is 3.33. The average Bonchev–Trinajstić information content (AvgIpc) is 2.72. The third-order valence-corrected chi connectivity index (χ3v) is 4.39. The molecule has 1 saturated carbocycles. The molecular formula is C17H27N. The van der Waals surface area contributed by atoms with E-state index in [4.69, 9.17) is 0 Å². The highest BCUT2D eigenvalue weighted by Crippen LogP contribution is 2.40. The fraction of sp³-hybridized carbons (Fsp3) is 0.647. The number of hydrogen-bond acceptors (Lipinski definition) is 1. The minimum absolute atomic E-state index is 0.501. The molecule has 2 atom stereocenters. The lowest BCUT2D eigenvalue weighted by Gasteiger charge is -2.24. The summed E-state index contributed by atoms with van der Waals surface area (Å²) in [6.07, 6.45) is 6.41. The van der Waals surface area contributed by atoms with E-state index >= 15 is 0 Å². The van der Waals surface area contributed by atoms with Crippen LogP contribution in [0.2, 0.25) is 0 Å². The van der Waals surface area contributed by atoms with Gasteiger partial charge in [0.05, 0.1) is 0 Å². The highest BCUT2D eigenvalue weighted by Gasteiger charge is 2.34. The molecular weight excluding hydrogens is 218 g/mol. The summed E-state index contributed by atoms with van der Waals surface area (Å²) >= 11 is 0. The fourth-order valence-corrected chi connectivity index (χ4v) is 3.33. The first kappa shape index (κ1) is 13.6. The number of nitrogens with one attached hydrogen (secondary N) is 1. The summed E-state index contributed by atoms with van der Waals surface area (Å²) in [5.41, 5.74) is 3.45. The van der Waals surface area contributed by atoms with Gasteiger partial charge in [0.1, 0.15) is 0 Å². The van der Waals surface area contributed by atoms with Crippen LogP contribution >= 0.6 is 0 Å².